The first kappa shape index (κ1) is 17.6. The molecule has 2 atom stereocenters. The Bertz CT molecular complexity index is 511. The molecule has 1 aromatic rings. The van der Waals surface area contributed by atoms with E-state index in [4.69, 9.17) is 23.2 Å². The number of carbonyl (C=O) groups is 1. The van der Waals surface area contributed by atoms with Gasteiger partial charge < -0.3 is 10.2 Å². The average Bonchev–Trinajstić information content (AvgIpc) is 2.42. The van der Waals surface area contributed by atoms with Crippen LogP contribution < -0.4 is 5.32 Å². The van der Waals surface area contributed by atoms with Crippen molar-refractivity contribution in [1.29, 1.82) is 0 Å². The van der Waals surface area contributed by atoms with Gasteiger partial charge in [0.15, 0.2) is 0 Å². The molecule has 0 unspecified atom stereocenters. The van der Waals surface area contributed by atoms with Crippen molar-refractivity contribution in [3.05, 3.63) is 33.8 Å². The van der Waals surface area contributed by atoms with Gasteiger partial charge in [-0.1, -0.05) is 37.0 Å². The maximum absolute atomic E-state index is 12.1. The highest BCUT2D eigenvalue weighted by Crippen LogP contribution is 2.21. The zero-order valence-electron chi connectivity index (χ0n) is 13.2. The molecule has 2 rings (SSSR count). The monoisotopic (exact) mass is 342 g/mol. The average molecular weight is 343 g/mol. The van der Waals surface area contributed by atoms with E-state index in [9.17, 15) is 4.79 Å². The van der Waals surface area contributed by atoms with Gasteiger partial charge in [0.2, 0.25) is 0 Å². The lowest BCUT2D eigenvalue weighted by molar-refractivity contribution is 0.0947. The number of halogens is 2. The van der Waals surface area contributed by atoms with Gasteiger partial charge >= 0.3 is 0 Å². The van der Waals surface area contributed by atoms with Crippen molar-refractivity contribution in [3.63, 3.8) is 0 Å². The second kappa shape index (κ2) is 8.19. The SMILES string of the molecule is C[C@@H]1C[C@@H](C)CN(CCCNC(=O)c2ccc(Cl)cc2Cl)C1. The molecule has 22 heavy (non-hydrogen) atoms. The van der Waals surface area contributed by atoms with E-state index in [2.05, 4.69) is 24.1 Å². The summed E-state index contributed by atoms with van der Waals surface area (Å²) >= 11 is 11.9. The fourth-order valence-electron chi connectivity index (χ4n) is 3.25. The van der Waals surface area contributed by atoms with Gasteiger partial charge in [-0.3, -0.25) is 4.79 Å². The van der Waals surface area contributed by atoms with Crippen LogP contribution in [0.4, 0.5) is 0 Å². The highest BCUT2D eigenvalue weighted by molar-refractivity contribution is 6.36. The zero-order valence-corrected chi connectivity index (χ0v) is 14.8. The van der Waals surface area contributed by atoms with E-state index in [0.29, 0.717) is 22.2 Å². The molecule has 0 saturated carbocycles. The molecule has 0 aliphatic carbocycles. The van der Waals surface area contributed by atoms with E-state index in [1.807, 2.05) is 0 Å². The molecule has 0 aromatic heterocycles. The van der Waals surface area contributed by atoms with Crippen LogP contribution in [0.15, 0.2) is 18.2 Å². The van der Waals surface area contributed by atoms with Gasteiger partial charge in [-0.15, -0.1) is 0 Å². The molecule has 0 radical (unpaired) electrons. The molecule has 0 bridgehead atoms. The molecule has 1 aromatic carbocycles. The summed E-state index contributed by atoms with van der Waals surface area (Å²) in [6.45, 7) is 8.66. The largest absolute Gasteiger partial charge is 0.352 e. The first-order valence-electron chi connectivity index (χ1n) is 7.91. The number of hydrogen-bond donors (Lipinski definition) is 1. The van der Waals surface area contributed by atoms with Gasteiger partial charge in [-0.05, 0) is 49.4 Å². The highest BCUT2D eigenvalue weighted by atomic mass is 35.5. The number of nitrogens with zero attached hydrogens (tertiary/aromatic N) is 1. The van der Waals surface area contributed by atoms with Crippen LogP contribution in [0, 0.1) is 11.8 Å². The third kappa shape index (κ3) is 5.15. The summed E-state index contributed by atoms with van der Waals surface area (Å²) in [5.41, 5.74) is 0.478. The Morgan fingerprint density at radius 1 is 1.27 bits per heavy atom. The molecule has 1 aliphatic rings. The lowest BCUT2D eigenvalue weighted by Crippen LogP contribution is -2.40. The quantitative estimate of drug-likeness (QED) is 0.817. The van der Waals surface area contributed by atoms with E-state index < -0.39 is 0 Å². The normalized spacial score (nSPS) is 22.5. The minimum absolute atomic E-state index is 0.137. The molecular formula is C17H24Cl2N2O. The Hall–Kier alpha value is -0.770. The van der Waals surface area contributed by atoms with Crippen LogP contribution in [0.3, 0.4) is 0 Å². The van der Waals surface area contributed by atoms with Crippen LogP contribution in [0.25, 0.3) is 0 Å². The molecule has 3 nitrogen and oxygen atoms in total. The van der Waals surface area contributed by atoms with Crippen molar-refractivity contribution in [3.8, 4) is 0 Å². The van der Waals surface area contributed by atoms with E-state index in [0.717, 1.165) is 24.8 Å². The predicted molar refractivity (Wildman–Crippen MR) is 92.8 cm³/mol. The third-order valence-electron chi connectivity index (χ3n) is 4.06. The van der Waals surface area contributed by atoms with Gasteiger partial charge in [0.05, 0.1) is 10.6 Å². The molecule has 1 aliphatic heterocycles. The molecule has 0 spiro atoms. The fraction of sp³-hybridized carbons (Fsp3) is 0.588. The van der Waals surface area contributed by atoms with Crippen molar-refractivity contribution < 1.29 is 4.79 Å². The van der Waals surface area contributed by atoms with E-state index >= 15 is 0 Å². The number of rotatable bonds is 5. The second-order valence-corrected chi connectivity index (χ2v) is 7.28. The second-order valence-electron chi connectivity index (χ2n) is 6.44. The molecule has 1 saturated heterocycles. The summed E-state index contributed by atoms with van der Waals surface area (Å²) in [5.74, 6) is 1.40. The van der Waals surface area contributed by atoms with Crippen LogP contribution >= 0.6 is 23.2 Å². The molecule has 122 valence electrons. The van der Waals surface area contributed by atoms with E-state index in [-0.39, 0.29) is 5.91 Å². The predicted octanol–water partition coefficient (Wildman–Crippen LogP) is 4.09. The van der Waals surface area contributed by atoms with Crippen LogP contribution in [0.2, 0.25) is 10.0 Å². The number of nitrogens with one attached hydrogen (secondary N) is 1. The Labute approximate surface area is 143 Å². The molecule has 1 fully saturated rings. The molecule has 1 N–H and O–H groups in total. The first-order valence-corrected chi connectivity index (χ1v) is 8.67. The van der Waals surface area contributed by atoms with Crippen molar-refractivity contribution >= 4 is 29.1 Å². The number of likely N-dealkylation sites (tertiary alicyclic amines) is 1. The highest BCUT2D eigenvalue weighted by Gasteiger charge is 2.21. The Morgan fingerprint density at radius 2 is 1.95 bits per heavy atom. The van der Waals surface area contributed by atoms with Crippen molar-refractivity contribution in [1.82, 2.24) is 10.2 Å². The maximum atomic E-state index is 12.1. The molecular weight excluding hydrogens is 319 g/mol. The topological polar surface area (TPSA) is 32.3 Å². The summed E-state index contributed by atoms with van der Waals surface area (Å²) < 4.78 is 0. The summed E-state index contributed by atoms with van der Waals surface area (Å²) in [7, 11) is 0. The van der Waals surface area contributed by atoms with Crippen LogP contribution in [-0.2, 0) is 0 Å². The summed E-state index contributed by atoms with van der Waals surface area (Å²) in [5, 5.41) is 3.86. The lowest BCUT2D eigenvalue weighted by Gasteiger charge is -2.34. The number of amides is 1. The zero-order chi connectivity index (χ0) is 16.1. The van der Waals surface area contributed by atoms with Crippen LogP contribution in [0.1, 0.15) is 37.0 Å². The summed E-state index contributed by atoms with van der Waals surface area (Å²) in [6.07, 6.45) is 2.28. The minimum Gasteiger partial charge on any atom is -0.352 e. The number of carbonyl (C=O) groups excluding carboxylic acids is 1. The maximum Gasteiger partial charge on any atom is 0.252 e. The fourth-order valence-corrected chi connectivity index (χ4v) is 3.74. The standard InChI is InChI=1S/C17H24Cl2N2O/c1-12-8-13(2)11-21(10-12)7-3-6-20-17(22)15-5-4-14(18)9-16(15)19/h4-5,9,12-13H,3,6-8,10-11H2,1-2H3,(H,20,22)/t12-,13-/m1/s1. The van der Waals surface area contributed by atoms with Gasteiger partial charge in [-0.2, -0.15) is 0 Å². The lowest BCUT2D eigenvalue weighted by atomic mass is 9.92. The van der Waals surface area contributed by atoms with Crippen molar-refractivity contribution in [2.24, 2.45) is 11.8 Å². The molecule has 5 heteroatoms. The Kier molecular flexibility index (Phi) is 6.54. The summed E-state index contributed by atoms with van der Waals surface area (Å²) in [4.78, 5) is 14.6. The minimum atomic E-state index is -0.137. The van der Waals surface area contributed by atoms with Gasteiger partial charge in [0.25, 0.3) is 5.91 Å². The smallest absolute Gasteiger partial charge is 0.252 e. The van der Waals surface area contributed by atoms with Crippen LogP contribution in [0.5, 0.6) is 0 Å². The number of benzene rings is 1. The van der Waals surface area contributed by atoms with Crippen LogP contribution in [-0.4, -0.2) is 37.0 Å². The Balaban J connectivity index is 1.73. The first-order chi connectivity index (χ1) is 10.5. The van der Waals surface area contributed by atoms with E-state index in [1.54, 1.807) is 18.2 Å². The number of hydrogen-bond acceptors (Lipinski definition) is 2. The summed E-state index contributed by atoms with van der Waals surface area (Å²) in [6, 6.07) is 4.93. The van der Waals surface area contributed by atoms with E-state index in [1.165, 1.54) is 19.5 Å². The van der Waals surface area contributed by atoms with Crippen molar-refractivity contribution in [2.75, 3.05) is 26.2 Å². The van der Waals surface area contributed by atoms with Crippen molar-refractivity contribution in [2.45, 2.75) is 26.7 Å². The third-order valence-corrected chi connectivity index (χ3v) is 4.60. The molecule has 1 heterocycles. The molecule has 1 amide bonds. The Morgan fingerprint density at radius 3 is 2.59 bits per heavy atom. The van der Waals surface area contributed by atoms with Gasteiger partial charge in [0.1, 0.15) is 0 Å². The van der Waals surface area contributed by atoms with Gasteiger partial charge in [-0.25, -0.2) is 0 Å². The van der Waals surface area contributed by atoms with Gasteiger partial charge in [0, 0.05) is 24.7 Å². The number of piperidine rings is 1.